The molecule has 68 valence electrons. The Morgan fingerprint density at radius 1 is 1.31 bits per heavy atom. The van der Waals surface area contributed by atoms with Crippen molar-refractivity contribution < 1.29 is 4.79 Å². The molecule has 0 bridgehead atoms. The van der Waals surface area contributed by atoms with Crippen LogP contribution in [0.3, 0.4) is 0 Å². The van der Waals surface area contributed by atoms with E-state index in [0.29, 0.717) is 6.42 Å². The maximum atomic E-state index is 11.1. The van der Waals surface area contributed by atoms with Crippen LogP contribution in [0.5, 0.6) is 0 Å². The van der Waals surface area contributed by atoms with Gasteiger partial charge in [-0.2, -0.15) is 0 Å². The molecule has 0 saturated carbocycles. The Hall–Kier alpha value is -1.51. The Labute approximate surface area is 77.2 Å². The van der Waals surface area contributed by atoms with Gasteiger partial charge in [0.2, 0.25) is 0 Å². The largest absolute Gasteiger partial charge is 0.308 e. The van der Waals surface area contributed by atoms with E-state index < -0.39 is 0 Å². The summed E-state index contributed by atoms with van der Waals surface area (Å²) in [6.07, 6.45) is 10.1. The van der Waals surface area contributed by atoms with Crippen LogP contribution in [-0.2, 0) is 4.79 Å². The predicted molar refractivity (Wildman–Crippen MR) is 50.4 cm³/mol. The summed E-state index contributed by atoms with van der Waals surface area (Å²) in [5, 5.41) is 0. The van der Waals surface area contributed by atoms with Crippen molar-refractivity contribution in [2.45, 2.75) is 19.3 Å². The lowest BCUT2D eigenvalue weighted by Gasteiger charge is -2.18. The van der Waals surface area contributed by atoms with Gasteiger partial charge < -0.3 is 10.9 Å². The van der Waals surface area contributed by atoms with E-state index in [-0.39, 0.29) is 5.78 Å². The Balaban J connectivity index is 2.19. The third-order valence-electron chi connectivity index (χ3n) is 2.20. The lowest BCUT2D eigenvalue weighted by molar-refractivity contribution is -0.115. The lowest BCUT2D eigenvalue weighted by Crippen LogP contribution is -2.29. The van der Waals surface area contributed by atoms with Gasteiger partial charge in [0.1, 0.15) is 0 Å². The minimum absolute atomic E-state index is 0.235. The first-order valence-electron chi connectivity index (χ1n) is 4.48. The number of carbonyl (C=O) groups excluding carboxylic acids is 1. The van der Waals surface area contributed by atoms with E-state index in [1.165, 1.54) is 0 Å². The summed E-state index contributed by atoms with van der Waals surface area (Å²) in [6, 6.07) is 0. The van der Waals surface area contributed by atoms with E-state index >= 15 is 0 Å². The molecule has 0 aromatic heterocycles. The van der Waals surface area contributed by atoms with Gasteiger partial charge >= 0.3 is 0 Å². The zero-order chi connectivity index (χ0) is 9.10. The summed E-state index contributed by atoms with van der Waals surface area (Å²) in [4.78, 5) is 11.1. The van der Waals surface area contributed by atoms with Crippen molar-refractivity contribution >= 4 is 5.78 Å². The second-order valence-electron chi connectivity index (χ2n) is 3.20. The molecule has 13 heavy (non-hydrogen) atoms. The van der Waals surface area contributed by atoms with Crippen LogP contribution in [0.2, 0.25) is 0 Å². The van der Waals surface area contributed by atoms with Crippen molar-refractivity contribution in [2.24, 2.45) is 0 Å². The number of hydrogen-bond donors (Lipinski definition) is 2. The van der Waals surface area contributed by atoms with Gasteiger partial charge in [0.15, 0.2) is 5.78 Å². The van der Waals surface area contributed by atoms with Gasteiger partial charge in [0, 0.05) is 12.6 Å². The Morgan fingerprint density at radius 2 is 2.23 bits per heavy atom. The Bertz CT molecular complexity index is 313. The molecule has 0 aromatic rings. The molecule has 2 N–H and O–H groups in total. The second-order valence-corrected chi connectivity index (χ2v) is 3.20. The van der Waals surface area contributed by atoms with Gasteiger partial charge in [0.05, 0.1) is 5.70 Å². The normalized spacial score (nSPS) is 21.4. The number of hydrogen-bond acceptors (Lipinski definition) is 3. The average molecular weight is 176 g/mol. The van der Waals surface area contributed by atoms with Crippen LogP contribution < -0.4 is 10.9 Å². The van der Waals surface area contributed by atoms with Gasteiger partial charge in [0.25, 0.3) is 0 Å². The summed E-state index contributed by atoms with van der Waals surface area (Å²) in [7, 11) is 0. The highest BCUT2D eigenvalue weighted by atomic mass is 16.1. The highest BCUT2D eigenvalue weighted by molar-refractivity contribution is 5.91. The molecule has 0 unspecified atom stereocenters. The molecule has 3 heteroatoms. The van der Waals surface area contributed by atoms with E-state index in [0.717, 1.165) is 24.1 Å². The number of nitrogens with one attached hydrogen (secondary N) is 2. The molecule has 2 rings (SSSR count). The molecule has 1 aliphatic heterocycles. The van der Waals surface area contributed by atoms with Crippen LogP contribution in [0.4, 0.5) is 0 Å². The van der Waals surface area contributed by atoms with E-state index in [1.807, 2.05) is 18.4 Å². The Morgan fingerprint density at radius 3 is 2.92 bits per heavy atom. The van der Waals surface area contributed by atoms with Gasteiger partial charge in [-0.25, -0.2) is 0 Å². The fourth-order valence-electron chi connectivity index (χ4n) is 1.55. The smallest absolute Gasteiger partial charge is 0.156 e. The monoisotopic (exact) mass is 176 g/mol. The number of ketones is 1. The van der Waals surface area contributed by atoms with Crippen LogP contribution in [0, 0.1) is 0 Å². The highest BCUT2D eigenvalue weighted by Gasteiger charge is 2.13. The van der Waals surface area contributed by atoms with Gasteiger partial charge in [-0.15, -0.1) is 0 Å². The zero-order valence-electron chi connectivity index (χ0n) is 7.34. The summed E-state index contributed by atoms with van der Waals surface area (Å²) >= 11 is 0. The first-order valence-corrected chi connectivity index (χ1v) is 4.48. The van der Waals surface area contributed by atoms with Crippen molar-refractivity contribution in [1.29, 1.82) is 0 Å². The first-order chi connectivity index (χ1) is 6.36. The summed E-state index contributed by atoms with van der Waals surface area (Å²) in [6.45, 7) is 0. The van der Waals surface area contributed by atoms with E-state index in [9.17, 15) is 4.79 Å². The summed E-state index contributed by atoms with van der Waals surface area (Å²) in [5.74, 6) is 0.235. The minimum Gasteiger partial charge on any atom is -0.308 e. The molecule has 2 aliphatic rings. The molecular weight excluding hydrogens is 164 g/mol. The third kappa shape index (κ3) is 1.80. The predicted octanol–water partition coefficient (Wildman–Crippen LogP) is 1.17. The third-order valence-corrected chi connectivity index (χ3v) is 2.20. The average Bonchev–Trinajstić information content (AvgIpc) is 2.19. The maximum absolute atomic E-state index is 11.1. The SMILES string of the molecule is O=C1C=C(C2=CC=CNN2)CCC1. The first kappa shape index (κ1) is 8.10. The van der Waals surface area contributed by atoms with Crippen LogP contribution in [0.25, 0.3) is 0 Å². The summed E-state index contributed by atoms with van der Waals surface area (Å²) < 4.78 is 0. The number of hydrazine groups is 1. The molecule has 0 amide bonds. The molecule has 0 radical (unpaired) electrons. The van der Waals surface area contributed by atoms with Crippen molar-refractivity contribution in [2.75, 3.05) is 0 Å². The molecule has 0 saturated heterocycles. The molecule has 0 atom stereocenters. The second kappa shape index (κ2) is 3.47. The highest BCUT2D eigenvalue weighted by Crippen LogP contribution is 2.20. The Kier molecular flexibility index (Phi) is 2.17. The van der Waals surface area contributed by atoms with Crippen molar-refractivity contribution in [3.05, 3.63) is 35.7 Å². The maximum Gasteiger partial charge on any atom is 0.156 e. The van der Waals surface area contributed by atoms with E-state index in [4.69, 9.17) is 0 Å². The number of allylic oxidation sites excluding steroid dienone is 4. The lowest BCUT2D eigenvalue weighted by atomic mass is 9.96. The fraction of sp³-hybridized carbons (Fsp3) is 0.300. The molecule has 0 spiro atoms. The number of rotatable bonds is 1. The molecule has 1 aliphatic carbocycles. The van der Waals surface area contributed by atoms with Gasteiger partial charge in [-0.3, -0.25) is 4.79 Å². The van der Waals surface area contributed by atoms with Crippen LogP contribution in [-0.4, -0.2) is 5.78 Å². The van der Waals surface area contributed by atoms with Crippen LogP contribution >= 0.6 is 0 Å². The molecule has 0 aromatic carbocycles. The minimum atomic E-state index is 0.235. The summed E-state index contributed by atoms with van der Waals surface area (Å²) in [5.41, 5.74) is 8.02. The van der Waals surface area contributed by atoms with Gasteiger partial charge in [-0.05, 0) is 36.6 Å². The number of carbonyl (C=O) groups is 1. The quantitative estimate of drug-likeness (QED) is 0.630. The fourth-order valence-corrected chi connectivity index (χ4v) is 1.55. The topological polar surface area (TPSA) is 41.1 Å². The van der Waals surface area contributed by atoms with Crippen molar-refractivity contribution in [1.82, 2.24) is 10.9 Å². The van der Waals surface area contributed by atoms with Crippen LogP contribution in [0.1, 0.15) is 19.3 Å². The molecular formula is C10H12N2O. The van der Waals surface area contributed by atoms with Gasteiger partial charge in [-0.1, -0.05) is 0 Å². The molecule has 3 nitrogen and oxygen atoms in total. The van der Waals surface area contributed by atoms with E-state index in [1.54, 1.807) is 6.08 Å². The standard InChI is InChI=1S/C10H12N2O/c13-9-4-1-3-8(7-9)10-5-2-6-11-12-10/h2,5-7,11-12H,1,3-4H2. The van der Waals surface area contributed by atoms with Crippen LogP contribution in [0.15, 0.2) is 35.7 Å². The zero-order valence-corrected chi connectivity index (χ0v) is 7.34. The molecule has 0 fully saturated rings. The van der Waals surface area contributed by atoms with E-state index in [2.05, 4.69) is 10.9 Å². The van der Waals surface area contributed by atoms with Crippen molar-refractivity contribution in [3.8, 4) is 0 Å². The van der Waals surface area contributed by atoms with Crippen molar-refractivity contribution in [3.63, 3.8) is 0 Å². The molecule has 1 heterocycles.